The molecule has 2 aliphatic rings. The number of halogens is 1. The Kier molecular flexibility index (Phi) is 5.39. The smallest absolute Gasteiger partial charge is 0.231 e. The van der Waals surface area contributed by atoms with E-state index in [0.29, 0.717) is 11.6 Å². The summed E-state index contributed by atoms with van der Waals surface area (Å²) in [6, 6.07) is 5.50. The first-order valence-electron chi connectivity index (χ1n) is 9.66. The molecule has 146 valence electrons. The van der Waals surface area contributed by atoms with Crippen LogP contribution in [0.2, 0.25) is 5.02 Å². The van der Waals surface area contributed by atoms with E-state index in [1.165, 1.54) is 0 Å². The van der Waals surface area contributed by atoms with Crippen LogP contribution in [0.25, 0.3) is 11.1 Å². The van der Waals surface area contributed by atoms with Crippen LogP contribution in [0.15, 0.2) is 22.6 Å². The molecule has 0 spiro atoms. The second kappa shape index (κ2) is 7.78. The number of piperidine rings is 2. The van der Waals surface area contributed by atoms with Crippen molar-refractivity contribution in [1.29, 1.82) is 0 Å². The molecular weight excluding hydrogens is 366 g/mol. The summed E-state index contributed by atoms with van der Waals surface area (Å²) in [5, 5.41) is 4.00. The van der Waals surface area contributed by atoms with Gasteiger partial charge in [0.2, 0.25) is 5.91 Å². The molecule has 7 heteroatoms. The molecule has 2 aliphatic heterocycles. The number of amides is 1. The molecule has 0 aliphatic carbocycles. The third-order valence-corrected chi connectivity index (χ3v) is 6.17. The molecule has 1 aromatic carbocycles. The maximum atomic E-state index is 13.3. The Hall–Kier alpha value is -1.63. The number of aromatic nitrogens is 1. The largest absolute Gasteiger partial charge is 0.440 e. The first kappa shape index (κ1) is 18.7. The maximum Gasteiger partial charge on any atom is 0.231 e. The van der Waals surface area contributed by atoms with Crippen LogP contribution in [-0.4, -0.2) is 55.7 Å². The van der Waals surface area contributed by atoms with Gasteiger partial charge in [-0.25, -0.2) is 4.98 Å². The van der Waals surface area contributed by atoms with Crippen LogP contribution in [0.3, 0.4) is 0 Å². The van der Waals surface area contributed by atoms with E-state index in [-0.39, 0.29) is 17.2 Å². The van der Waals surface area contributed by atoms with Crippen LogP contribution in [0.5, 0.6) is 0 Å². The number of rotatable bonds is 4. The van der Waals surface area contributed by atoms with Gasteiger partial charge in [-0.1, -0.05) is 11.6 Å². The first-order valence-corrected chi connectivity index (χ1v) is 10.0. The van der Waals surface area contributed by atoms with Gasteiger partial charge in [-0.05, 0) is 57.0 Å². The van der Waals surface area contributed by atoms with Crippen LogP contribution in [0, 0.1) is 5.41 Å². The van der Waals surface area contributed by atoms with E-state index < -0.39 is 0 Å². The molecule has 27 heavy (non-hydrogen) atoms. The molecule has 2 saturated heterocycles. The van der Waals surface area contributed by atoms with Crippen LogP contribution in [0.1, 0.15) is 37.5 Å². The minimum atomic E-state index is -0.374. The van der Waals surface area contributed by atoms with Gasteiger partial charge in [0.15, 0.2) is 11.5 Å². The third kappa shape index (κ3) is 3.71. The number of nitrogens with zero attached hydrogens (tertiary/aromatic N) is 2. The molecule has 2 aromatic rings. The van der Waals surface area contributed by atoms with Crippen LogP contribution in [-0.2, 0) is 9.53 Å². The van der Waals surface area contributed by atoms with E-state index in [0.717, 1.165) is 68.9 Å². The summed E-state index contributed by atoms with van der Waals surface area (Å²) >= 11 is 6.04. The van der Waals surface area contributed by atoms with E-state index in [9.17, 15) is 4.79 Å². The van der Waals surface area contributed by atoms with Crippen molar-refractivity contribution in [1.82, 2.24) is 15.2 Å². The summed E-state index contributed by atoms with van der Waals surface area (Å²) in [4.78, 5) is 19.9. The molecule has 1 N–H and O–H groups in total. The SMILES string of the molecule is COCC1(C(=O)N2CCC(c3nc4cc(Cl)ccc4o3)CC2)CCNCC1. The second-order valence-electron chi connectivity index (χ2n) is 7.69. The minimum absolute atomic E-state index is 0.242. The number of carbonyl (C=O) groups is 1. The third-order valence-electron chi connectivity index (χ3n) is 5.93. The lowest BCUT2D eigenvalue weighted by atomic mass is 9.77. The second-order valence-corrected chi connectivity index (χ2v) is 8.13. The summed E-state index contributed by atoms with van der Waals surface area (Å²) in [5.74, 6) is 1.24. The average Bonchev–Trinajstić information content (AvgIpc) is 3.11. The number of hydrogen-bond acceptors (Lipinski definition) is 5. The molecule has 0 unspecified atom stereocenters. The minimum Gasteiger partial charge on any atom is -0.440 e. The molecular formula is C20H26ClN3O3. The monoisotopic (exact) mass is 391 g/mol. The predicted molar refractivity (Wildman–Crippen MR) is 104 cm³/mol. The Morgan fingerprint density at radius 2 is 2.11 bits per heavy atom. The lowest BCUT2D eigenvalue weighted by Gasteiger charge is -2.41. The number of benzene rings is 1. The predicted octanol–water partition coefficient (Wildman–Crippen LogP) is 3.20. The van der Waals surface area contributed by atoms with Gasteiger partial charge in [0.25, 0.3) is 0 Å². The van der Waals surface area contributed by atoms with Gasteiger partial charge in [0, 0.05) is 31.1 Å². The number of hydrogen-bond donors (Lipinski definition) is 1. The lowest BCUT2D eigenvalue weighted by molar-refractivity contribution is -0.148. The van der Waals surface area contributed by atoms with Crippen molar-refractivity contribution in [3.05, 3.63) is 29.1 Å². The van der Waals surface area contributed by atoms with Gasteiger partial charge in [0.1, 0.15) is 5.52 Å². The van der Waals surface area contributed by atoms with E-state index in [1.807, 2.05) is 23.1 Å². The number of fused-ring (bicyclic) bond motifs is 1. The molecule has 0 radical (unpaired) electrons. The average molecular weight is 392 g/mol. The van der Waals surface area contributed by atoms with Crippen molar-refractivity contribution in [2.45, 2.75) is 31.6 Å². The van der Waals surface area contributed by atoms with Crippen LogP contribution in [0.4, 0.5) is 0 Å². The van der Waals surface area contributed by atoms with Crippen molar-refractivity contribution in [3.8, 4) is 0 Å². The Labute approximate surface area is 164 Å². The van der Waals surface area contributed by atoms with Crippen molar-refractivity contribution < 1.29 is 13.9 Å². The molecule has 0 saturated carbocycles. The van der Waals surface area contributed by atoms with E-state index in [2.05, 4.69) is 10.3 Å². The summed E-state index contributed by atoms with van der Waals surface area (Å²) in [5.41, 5.74) is 1.19. The maximum absolute atomic E-state index is 13.3. The molecule has 2 fully saturated rings. The Balaban J connectivity index is 1.43. The molecule has 0 atom stereocenters. The Bertz CT molecular complexity index is 802. The lowest BCUT2D eigenvalue weighted by Crippen LogP contribution is -2.53. The molecule has 0 bridgehead atoms. The molecule has 6 nitrogen and oxygen atoms in total. The summed E-state index contributed by atoms with van der Waals surface area (Å²) in [6.07, 6.45) is 3.41. The van der Waals surface area contributed by atoms with Crippen molar-refractivity contribution in [2.75, 3.05) is 39.9 Å². The summed E-state index contributed by atoms with van der Waals surface area (Å²) in [7, 11) is 1.68. The molecule has 1 amide bonds. The van der Waals surface area contributed by atoms with Crippen LogP contribution < -0.4 is 5.32 Å². The number of nitrogens with one attached hydrogen (secondary N) is 1. The van der Waals surface area contributed by atoms with Crippen molar-refractivity contribution >= 4 is 28.6 Å². The van der Waals surface area contributed by atoms with Gasteiger partial charge in [-0.2, -0.15) is 0 Å². The van der Waals surface area contributed by atoms with Gasteiger partial charge < -0.3 is 19.4 Å². The van der Waals surface area contributed by atoms with Crippen molar-refractivity contribution in [2.24, 2.45) is 5.41 Å². The number of methoxy groups -OCH3 is 1. The molecule has 4 rings (SSSR count). The van der Waals surface area contributed by atoms with Gasteiger partial charge >= 0.3 is 0 Å². The quantitative estimate of drug-likeness (QED) is 0.866. The number of ether oxygens (including phenoxy) is 1. The highest BCUT2D eigenvalue weighted by atomic mass is 35.5. The topological polar surface area (TPSA) is 67.6 Å². The van der Waals surface area contributed by atoms with Crippen LogP contribution >= 0.6 is 11.6 Å². The Morgan fingerprint density at radius 1 is 1.37 bits per heavy atom. The van der Waals surface area contributed by atoms with E-state index >= 15 is 0 Å². The van der Waals surface area contributed by atoms with E-state index in [1.54, 1.807) is 7.11 Å². The highest BCUT2D eigenvalue weighted by Crippen LogP contribution is 2.35. The molecule has 3 heterocycles. The Morgan fingerprint density at radius 3 is 2.81 bits per heavy atom. The van der Waals surface area contributed by atoms with Crippen molar-refractivity contribution in [3.63, 3.8) is 0 Å². The highest BCUT2D eigenvalue weighted by Gasteiger charge is 2.43. The van der Waals surface area contributed by atoms with Gasteiger partial charge in [0.05, 0.1) is 12.0 Å². The number of likely N-dealkylation sites (tertiary alicyclic amines) is 1. The van der Waals surface area contributed by atoms with E-state index in [4.69, 9.17) is 20.8 Å². The zero-order chi connectivity index (χ0) is 18.9. The zero-order valence-corrected chi connectivity index (χ0v) is 16.4. The fourth-order valence-corrected chi connectivity index (χ4v) is 4.53. The normalized spacial score (nSPS) is 20.9. The molecule has 1 aromatic heterocycles. The first-order chi connectivity index (χ1) is 13.1. The highest BCUT2D eigenvalue weighted by molar-refractivity contribution is 6.31. The zero-order valence-electron chi connectivity index (χ0n) is 15.7. The fourth-order valence-electron chi connectivity index (χ4n) is 4.36. The number of oxazole rings is 1. The standard InChI is InChI=1S/C20H26ClN3O3/c1-26-13-20(6-8-22-9-7-20)19(25)24-10-4-14(5-11-24)18-23-16-12-15(21)2-3-17(16)27-18/h2-3,12,14,22H,4-11,13H2,1H3. The fraction of sp³-hybridized carbons (Fsp3) is 0.600. The van der Waals surface area contributed by atoms with Gasteiger partial charge in [-0.15, -0.1) is 0 Å². The summed E-state index contributed by atoms with van der Waals surface area (Å²) < 4.78 is 11.4. The van der Waals surface area contributed by atoms with Gasteiger partial charge in [-0.3, -0.25) is 4.79 Å². The number of carbonyl (C=O) groups excluding carboxylic acids is 1. The summed E-state index contributed by atoms with van der Waals surface area (Å²) in [6.45, 7) is 3.72.